The van der Waals surface area contributed by atoms with E-state index in [0.717, 1.165) is 0 Å². The first-order valence-electron chi connectivity index (χ1n) is 16.1. The van der Waals surface area contributed by atoms with E-state index in [2.05, 4.69) is 154 Å². The predicted octanol–water partition coefficient (Wildman–Crippen LogP) is 12.5. The molecule has 0 aromatic heterocycles. The molecule has 0 saturated heterocycles. The van der Waals surface area contributed by atoms with Gasteiger partial charge in [-0.3, -0.25) is 0 Å². The maximum Gasteiger partial charge on any atom is -0.00137 e. The summed E-state index contributed by atoms with van der Waals surface area (Å²) in [7, 11) is 0. The van der Waals surface area contributed by atoms with E-state index in [1.165, 1.54) is 98.4 Å². The molecule has 0 bridgehead atoms. The molecule has 44 heavy (non-hydrogen) atoms. The topological polar surface area (TPSA) is 0 Å². The van der Waals surface area contributed by atoms with Crippen LogP contribution in [0.25, 0.3) is 54.6 Å². The normalized spacial score (nSPS) is 12.8. The zero-order chi connectivity index (χ0) is 31.3. The lowest BCUT2D eigenvalue weighted by atomic mass is 9.82. The number of fused-ring (bicyclic) bond motifs is 2. The van der Waals surface area contributed by atoms with Crippen LogP contribution in [0.5, 0.6) is 0 Å². The minimum Gasteiger partial charge on any atom is -0.0610 e. The third-order valence-corrected chi connectivity index (χ3v) is 9.94. The molecule has 0 saturated carbocycles. The lowest BCUT2D eigenvalue weighted by molar-refractivity contribution is 0.589. The molecule has 0 aliphatic heterocycles. The van der Waals surface area contributed by atoms with Crippen molar-refractivity contribution >= 4 is 32.3 Å². The standard InChI is InChI=1S/C44H44/c1-25-20-31(43(5,6)7)21-26(2)37(25)33-16-11-14-29-24-30-15-12-17-35-40(30)42-34(39(29)33)18-13-19-36(42)41(35)38-27(3)22-32(23-28(38)4)44(8,9)10/h11-24H,1-10H3. The Labute approximate surface area is 262 Å². The monoisotopic (exact) mass is 572 g/mol. The van der Waals surface area contributed by atoms with Crippen molar-refractivity contribution in [2.24, 2.45) is 0 Å². The average Bonchev–Trinajstić information content (AvgIpc) is 3.18. The van der Waals surface area contributed by atoms with E-state index in [1.54, 1.807) is 0 Å². The van der Waals surface area contributed by atoms with Gasteiger partial charge in [0.1, 0.15) is 0 Å². The zero-order valence-corrected chi connectivity index (χ0v) is 28.1. The highest BCUT2D eigenvalue weighted by atomic mass is 14.3. The van der Waals surface area contributed by atoms with E-state index >= 15 is 0 Å². The van der Waals surface area contributed by atoms with Gasteiger partial charge in [-0.1, -0.05) is 120 Å². The zero-order valence-electron chi connectivity index (χ0n) is 28.1. The molecule has 0 atom stereocenters. The molecule has 5 aromatic rings. The van der Waals surface area contributed by atoms with Crippen LogP contribution >= 0.6 is 0 Å². The van der Waals surface area contributed by atoms with E-state index in [1.807, 2.05) is 0 Å². The van der Waals surface area contributed by atoms with Gasteiger partial charge in [-0.25, -0.2) is 0 Å². The molecular weight excluding hydrogens is 528 g/mol. The fourth-order valence-electron chi connectivity index (χ4n) is 7.81. The largest absolute Gasteiger partial charge is 0.0610 e. The number of benzene rings is 5. The van der Waals surface area contributed by atoms with Crippen LogP contribution in [0.15, 0.2) is 84.9 Å². The molecule has 0 N–H and O–H groups in total. The first-order chi connectivity index (χ1) is 20.8. The average molecular weight is 573 g/mol. The Bertz CT molecular complexity index is 2270. The third-order valence-electron chi connectivity index (χ3n) is 9.94. The van der Waals surface area contributed by atoms with Crippen molar-refractivity contribution in [3.63, 3.8) is 0 Å². The SMILES string of the molecule is Cc1cc(C(C)(C)C)cc(C)c1-c1c2cccc3cc4cccc(-c5c(C)cc(C(C)(C)C)cc5C)c4c4cccc1c4=c32. The molecule has 2 aliphatic rings. The van der Waals surface area contributed by atoms with Crippen LogP contribution in [0.3, 0.4) is 0 Å². The Morgan fingerprint density at radius 1 is 0.409 bits per heavy atom. The first kappa shape index (κ1) is 28.6. The summed E-state index contributed by atoms with van der Waals surface area (Å²) in [5.41, 5.74) is 13.9. The summed E-state index contributed by atoms with van der Waals surface area (Å²) in [6.07, 6.45) is 0. The highest BCUT2D eigenvalue weighted by molar-refractivity contribution is 6.14. The van der Waals surface area contributed by atoms with E-state index in [0.29, 0.717) is 0 Å². The van der Waals surface area contributed by atoms with E-state index < -0.39 is 0 Å². The van der Waals surface area contributed by atoms with Crippen LogP contribution in [0, 0.1) is 38.1 Å². The lowest BCUT2D eigenvalue weighted by Gasteiger charge is -2.23. The van der Waals surface area contributed by atoms with Gasteiger partial charge in [0.25, 0.3) is 0 Å². The molecule has 2 aliphatic carbocycles. The summed E-state index contributed by atoms with van der Waals surface area (Å²) in [4.78, 5) is 0. The molecule has 7 rings (SSSR count). The number of rotatable bonds is 2. The van der Waals surface area contributed by atoms with Crippen molar-refractivity contribution < 1.29 is 0 Å². The quantitative estimate of drug-likeness (QED) is 0.193. The van der Waals surface area contributed by atoms with Crippen LogP contribution < -0.4 is 0 Å². The molecule has 220 valence electrons. The Balaban J connectivity index is 1.64. The maximum absolute atomic E-state index is 2.43. The predicted molar refractivity (Wildman–Crippen MR) is 193 cm³/mol. The molecule has 0 fully saturated rings. The van der Waals surface area contributed by atoms with Crippen molar-refractivity contribution in [2.75, 3.05) is 0 Å². The van der Waals surface area contributed by atoms with Crippen molar-refractivity contribution in [3.8, 4) is 22.3 Å². The second-order valence-corrected chi connectivity index (χ2v) is 15.3. The summed E-state index contributed by atoms with van der Waals surface area (Å²) in [6, 6.07) is 32.9. The molecule has 0 amide bonds. The number of hydrogen-bond donors (Lipinski definition) is 0. The molecule has 0 heteroatoms. The van der Waals surface area contributed by atoms with Crippen LogP contribution in [0.4, 0.5) is 0 Å². The van der Waals surface area contributed by atoms with Gasteiger partial charge in [-0.2, -0.15) is 0 Å². The van der Waals surface area contributed by atoms with Crippen molar-refractivity contribution in [3.05, 3.63) is 129 Å². The minimum atomic E-state index is 0.112. The van der Waals surface area contributed by atoms with Gasteiger partial charge in [-0.15, -0.1) is 0 Å². The van der Waals surface area contributed by atoms with Gasteiger partial charge in [0.15, 0.2) is 0 Å². The van der Waals surface area contributed by atoms with Gasteiger partial charge in [0.05, 0.1) is 0 Å². The van der Waals surface area contributed by atoms with Crippen molar-refractivity contribution in [1.29, 1.82) is 0 Å². The highest BCUT2D eigenvalue weighted by Crippen LogP contribution is 2.45. The Kier molecular flexibility index (Phi) is 6.29. The van der Waals surface area contributed by atoms with Crippen LogP contribution in [-0.2, 0) is 10.8 Å². The first-order valence-corrected chi connectivity index (χ1v) is 16.1. The second-order valence-electron chi connectivity index (χ2n) is 15.3. The Morgan fingerprint density at radius 2 is 0.864 bits per heavy atom. The summed E-state index contributed by atoms with van der Waals surface area (Å²) >= 11 is 0. The van der Waals surface area contributed by atoms with E-state index in [9.17, 15) is 0 Å². The second kappa shape index (κ2) is 9.67. The number of aryl methyl sites for hydroxylation is 4. The van der Waals surface area contributed by atoms with Gasteiger partial charge in [0.2, 0.25) is 0 Å². The van der Waals surface area contributed by atoms with Gasteiger partial charge in [0, 0.05) is 0 Å². The summed E-state index contributed by atoms with van der Waals surface area (Å²) in [6.45, 7) is 23.0. The lowest BCUT2D eigenvalue weighted by Crippen LogP contribution is -2.12. The Morgan fingerprint density at radius 3 is 1.43 bits per heavy atom. The van der Waals surface area contributed by atoms with Crippen LogP contribution in [-0.4, -0.2) is 0 Å². The Hall–Kier alpha value is -4.16. The number of hydrogen-bond acceptors (Lipinski definition) is 0. The van der Waals surface area contributed by atoms with Gasteiger partial charge < -0.3 is 0 Å². The fraction of sp³-hybridized carbons (Fsp3) is 0.273. The van der Waals surface area contributed by atoms with Gasteiger partial charge >= 0.3 is 0 Å². The van der Waals surface area contributed by atoms with Crippen LogP contribution in [0.1, 0.15) is 74.9 Å². The van der Waals surface area contributed by atoms with E-state index in [4.69, 9.17) is 0 Å². The third kappa shape index (κ3) is 4.26. The molecule has 0 heterocycles. The van der Waals surface area contributed by atoms with Crippen LogP contribution in [0.2, 0.25) is 0 Å². The maximum atomic E-state index is 2.43. The minimum absolute atomic E-state index is 0.112. The molecule has 5 aromatic carbocycles. The highest BCUT2D eigenvalue weighted by Gasteiger charge is 2.23. The van der Waals surface area contributed by atoms with E-state index in [-0.39, 0.29) is 10.8 Å². The summed E-state index contributed by atoms with van der Waals surface area (Å²) in [5, 5.41) is 10.8. The van der Waals surface area contributed by atoms with Gasteiger partial charge in [-0.05, 0) is 143 Å². The molecule has 0 radical (unpaired) electrons. The van der Waals surface area contributed by atoms with Crippen molar-refractivity contribution in [2.45, 2.75) is 80.1 Å². The summed E-state index contributed by atoms with van der Waals surface area (Å²) in [5.74, 6) is 0. The molecule has 0 spiro atoms. The smallest absolute Gasteiger partial charge is 0.00137 e. The molecule has 0 nitrogen and oxygen atoms in total. The molecule has 0 unspecified atom stereocenters. The molecular formula is C44H44. The summed E-state index contributed by atoms with van der Waals surface area (Å²) < 4.78 is 0. The fourth-order valence-corrected chi connectivity index (χ4v) is 7.81. The van der Waals surface area contributed by atoms with Crippen molar-refractivity contribution in [1.82, 2.24) is 0 Å².